The lowest BCUT2D eigenvalue weighted by Gasteiger charge is -2.40. The summed E-state index contributed by atoms with van der Waals surface area (Å²) in [4.78, 5) is 10.6. The molecular weight excluding hydrogens is 144 g/mol. The van der Waals surface area contributed by atoms with Crippen molar-refractivity contribution in [3.8, 4) is 0 Å². The number of rotatable bonds is 1. The summed E-state index contributed by atoms with van der Waals surface area (Å²) in [6.45, 7) is 2.64. The minimum absolute atomic E-state index is 0.211. The van der Waals surface area contributed by atoms with Crippen LogP contribution in [0.1, 0.15) is 26.2 Å². The minimum Gasteiger partial charge on any atom is -0.430 e. The second kappa shape index (κ2) is 2.13. The third kappa shape index (κ3) is 0.988. The van der Waals surface area contributed by atoms with E-state index in [4.69, 9.17) is 9.47 Å². The SMILES string of the molecule is CCC1CC2(COC(=O)O2)C1. The zero-order valence-corrected chi connectivity index (χ0v) is 6.63. The van der Waals surface area contributed by atoms with Crippen LogP contribution in [0.3, 0.4) is 0 Å². The van der Waals surface area contributed by atoms with Crippen molar-refractivity contribution in [2.24, 2.45) is 5.92 Å². The number of ether oxygens (including phenoxy) is 2. The van der Waals surface area contributed by atoms with Crippen molar-refractivity contribution in [1.82, 2.24) is 0 Å². The first-order chi connectivity index (χ1) is 5.24. The summed E-state index contributed by atoms with van der Waals surface area (Å²) < 4.78 is 9.80. The Labute approximate surface area is 65.7 Å². The Morgan fingerprint density at radius 2 is 2.36 bits per heavy atom. The van der Waals surface area contributed by atoms with Crippen LogP contribution in [0.2, 0.25) is 0 Å². The molecule has 2 rings (SSSR count). The first-order valence-corrected chi connectivity index (χ1v) is 4.10. The lowest BCUT2D eigenvalue weighted by Crippen LogP contribution is -2.45. The van der Waals surface area contributed by atoms with Crippen molar-refractivity contribution in [3.05, 3.63) is 0 Å². The third-order valence-electron chi connectivity index (χ3n) is 2.65. The van der Waals surface area contributed by atoms with Crippen molar-refractivity contribution < 1.29 is 14.3 Å². The number of carbonyl (C=O) groups is 1. The van der Waals surface area contributed by atoms with Gasteiger partial charge in [0, 0.05) is 0 Å². The van der Waals surface area contributed by atoms with E-state index < -0.39 is 6.16 Å². The van der Waals surface area contributed by atoms with E-state index in [0.717, 1.165) is 18.8 Å². The zero-order valence-electron chi connectivity index (χ0n) is 6.63. The molecule has 1 saturated carbocycles. The molecule has 0 amide bonds. The molecule has 11 heavy (non-hydrogen) atoms. The molecule has 1 aliphatic carbocycles. The second-order valence-corrected chi connectivity index (χ2v) is 3.51. The normalized spacial score (nSPS) is 41.5. The predicted molar refractivity (Wildman–Crippen MR) is 38.2 cm³/mol. The quantitative estimate of drug-likeness (QED) is 0.542. The maximum atomic E-state index is 10.6. The van der Waals surface area contributed by atoms with Crippen LogP contribution in [0.4, 0.5) is 4.79 Å². The molecule has 1 spiro atoms. The van der Waals surface area contributed by atoms with Crippen molar-refractivity contribution >= 4 is 6.16 Å². The molecular formula is C8H12O3. The van der Waals surface area contributed by atoms with Gasteiger partial charge in [0.2, 0.25) is 0 Å². The minimum atomic E-state index is -0.487. The van der Waals surface area contributed by atoms with Crippen molar-refractivity contribution in [2.75, 3.05) is 6.61 Å². The summed E-state index contributed by atoms with van der Waals surface area (Å²) in [5, 5.41) is 0. The number of hydrogen-bond acceptors (Lipinski definition) is 3. The van der Waals surface area contributed by atoms with E-state index in [2.05, 4.69) is 6.92 Å². The smallest absolute Gasteiger partial charge is 0.430 e. The Bertz CT molecular complexity index is 182. The van der Waals surface area contributed by atoms with Crippen LogP contribution in [0.5, 0.6) is 0 Å². The standard InChI is InChI=1S/C8H12O3/c1-2-6-3-8(4-6)5-10-7(9)11-8/h6H,2-5H2,1H3. The Morgan fingerprint density at radius 3 is 2.82 bits per heavy atom. The first-order valence-electron chi connectivity index (χ1n) is 4.10. The van der Waals surface area contributed by atoms with Crippen molar-refractivity contribution in [1.29, 1.82) is 0 Å². The van der Waals surface area contributed by atoms with Gasteiger partial charge in [-0.15, -0.1) is 0 Å². The van der Waals surface area contributed by atoms with Crippen molar-refractivity contribution in [3.63, 3.8) is 0 Å². The van der Waals surface area contributed by atoms with E-state index >= 15 is 0 Å². The lowest BCUT2D eigenvalue weighted by molar-refractivity contribution is -0.0489. The summed E-state index contributed by atoms with van der Waals surface area (Å²) >= 11 is 0. The van der Waals surface area contributed by atoms with Crippen LogP contribution in [-0.2, 0) is 9.47 Å². The molecule has 1 heterocycles. The van der Waals surface area contributed by atoms with Crippen LogP contribution in [0.25, 0.3) is 0 Å². The monoisotopic (exact) mass is 156 g/mol. The van der Waals surface area contributed by atoms with Crippen molar-refractivity contribution in [2.45, 2.75) is 31.8 Å². The number of carbonyl (C=O) groups excluding carboxylic acids is 1. The molecule has 0 atom stereocenters. The van der Waals surface area contributed by atoms with Crippen LogP contribution in [0, 0.1) is 5.92 Å². The maximum absolute atomic E-state index is 10.6. The van der Waals surface area contributed by atoms with Gasteiger partial charge in [0.05, 0.1) is 0 Å². The summed E-state index contributed by atoms with van der Waals surface area (Å²) in [5.41, 5.74) is -0.211. The van der Waals surface area contributed by atoms with Crippen LogP contribution in [0.15, 0.2) is 0 Å². The summed E-state index contributed by atoms with van der Waals surface area (Å²) in [6, 6.07) is 0. The predicted octanol–water partition coefficient (Wildman–Crippen LogP) is 1.71. The molecule has 1 saturated heterocycles. The largest absolute Gasteiger partial charge is 0.509 e. The molecule has 0 N–H and O–H groups in total. The molecule has 3 nitrogen and oxygen atoms in total. The Kier molecular flexibility index (Phi) is 1.34. The van der Waals surface area contributed by atoms with E-state index in [-0.39, 0.29) is 5.60 Å². The maximum Gasteiger partial charge on any atom is 0.509 e. The summed E-state index contributed by atoms with van der Waals surface area (Å²) in [5.74, 6) is 0.740. The van der Waals surface area contributed by atoms with Gasteiger partial charge in [-0.2, -0.15) is 0 Å². The number of cyclic esters (lactones) is 1. The van der Waals surface area contributed by atoms with Gasteiger partial charge in [0.25, 0.3) is 0 Å². The van der Waals surface area contributed by atoms with Gasteiger partial charge in [-0.1, -0.05) is 13.3 Å². The van der Waals surface area contributed by atoms with Gasteiger partial charge in [-0.3, -0.25) is 0 Å². The molecule has 1 aliphatic heterocycles. The lowest BCUT2D eigenvalue weighted by atomic mass is 9.70. The molecule has 0 aromatic rings. The molecule has 2 aliphatic rings. The highest BCUT2D eigenvalue weighted by Gasteiger charge is 2.51. The summed E-state index contributed by atoms with van der Waals surface area (Å²) in [7, 11) is 0. The third-order valence-corrected chi connectivity index (χ3v) is 2.65. The second-order valence-electron chi connectivity index (χ2n) is 3.51. The average molecular weight is 156 g/mol. The highest BCUT2D eigenvalue weighted by Crippen LogP contribution is 2.45. The Balaban J connectivity index is 1.92. The fraction of sp³-hybridized carbons (Fsp3) is 0.875. The van der Waals surface area contributed by atoms with E-state index in [1.54, 1.807) is 0 Å². The van der Waals surface area contributed by atoms with Crippen LogP contribution >= 0.6 is 0 Å². The Morgan fingerprint density at radius 1 is 1.64 bits per heavy atom. The average Bonchev–Trinajstić information content (AvgIpc) is 2.28. The molecule has 0 aromatic heterocycles. The van der Waals surface area contributed by atoms with Gasteiger partial charge < -0.3 is 9.47 Å². The van der Waals surface area contributed by atoms with E-state index in [0.29, 0.717) is 6.61 Å². The van der Waals surface area contributed by atoms with Gasteiger partial charge in [0.15, 0.2) is 5.60 Å². The molecule has 0 unspecified atom stereocenters. The molecule has 0 radical (unpaired) electrons. The van der Waals surface area contributed by atoms with Gasteiger partial charge >= 0.3 is 6.16 Å². The number of hydrogen-bond donors (Lipinski definition) is 0. The summed E-state index contributed by atoms with van der Waals surface area (Å²) in [6.07, 6.45) is 2.68. The molecule has 0 aromatic carbocycles. The highest BCUT2D eigenvalue weighted by molar-refractivity contribution is 5.63. The van der Waals surface area contributed by atoms with Crippen LogP contribution in [-0.4, -0.2) is 18.4 Å². The van der Waals surface area contributed by atoms with E-state index in [9.17, 15) is 4.79 Å². The molecule has 2 fully saturated rings. The zero-order chi connectivity index (χ0) is 7.90. The molecule has 62 valence electrons. The topological polar surface area (TPSA) is 35.5 Å². The van der Waals surface area contributed by atoms with E-state index in [1.165, 1.54) is 6.42 Å². The molecule has 3 heteroatoms. The van der Waals surface area contributed by atoms with Crippen LogP contribution < -0.4 is 0 Å². The molecule has 0 bridgehead atoms. The first kappa shape index (κ1) is 6.95. The highest BCUT2D eigenvalue weighted by atomic mass is 16.8. The van der Waals surface area contributed by atoms with Gasteiger partial charge in [-0.25, -0.2) is 4.79 Å². The fourth-order valence-electron chi connectivity index (χ4n) is 1.91. The fourth-order valence-corrected chi connectivity index (χ4v) is 1.91. The Hall–Kier alpha value is -0.730. The van der Waals surface area contributed by atoms with Gasteiger partial charge in [-0.05, 0) is 18.8 Å². The van der Waals surface area contributed by atoms with E-state index in [1.807, 2.05) is 0 Å². The van der Waals surface area contributed by atoms with Gasteiger partial charge in [0.1, 0.15) is 6.61 Å².